The van der Waals surface area contributed by atoms with Gasteiger partial charge in [0.15, 0.2) is 0 Å². The Bertz CT molecular complexity index is 254. The van der Waals surface area contributed by atoms with Gasteiger partial charge in [-0.15, -0.1) is 0 Å². The molecule has 3 nitrogen and oxygen atoms in total. The van der Waals surface area contributed by atoms with Crippen LogP contribution in [-0.4, -0.2) is 37.1 Å². The van der Waals surface area contributed by atoms with Crippen molar-refractivity contribution in [2.24, 2.45) is 23.7 Å². The Balaban J connectivity index is 1.69. The monoisotopic (exact) mass is 256 g/mol. The molecule has 1 heterocycles. The van der Waals surface area contributed by atoms with Gasteiger partial charge in [0.05, 0.1) is 25.4 Å². The van der Waals surface area contributed by atoms with E-state index in [-0.39, 0.29) is 12.0 Å². The third kappa shape index (κ3) is 3.46. The lowest BCUT2D eigenvalue weighted by Gasteiger charge is -2.23. The van der Waals surface area contributed by atoms with Crippen LogP contribution in [0.25, 0.3) is 0 Å². The van der Waals surface area contributed by atoms with Gasteiger partial charge in [0, 0.05) is 12.5 Å². The molecule has 0 bridgehead atoms. The first-order valence-corrected chi connectivity index (χ1v) is 7.45. The van der Waals surface area contributed by atoms with E-state index in [0.717, 1.165) is 18.4 Å². The highest BCUT2D eigenvalue weighted by atomic mass is 16.5. The van der Waals surface area contributed by atoms with Crippen LogP contribution in [0.1, 0.15) is 40.0 Å². The zero-order chi connectivity index (χ0) is 13.1. The summed E-state index contributed by atoms with van der Waals surface area (Å²) >= 11 is 0. The van der Waals surface area contributed by atoms with E-state index in [0.29, 0.717) is 25.2 Å². The fourth-order valence-corrected chi connectivity index (χ4v) is 3.24. The third-order valence-corrected chi connectivity index (χ3v) is 4.79. The molecule has 5 unspecified atom stereocenters. The van der Waals surface area contributed by atoms with Gasteiger partial charge in [-0.05, 0) is 37.0 Å². The molecule has 1 N–H and O–H groups in total. The molecule has 2 fully saturated rings. The van der Waals surface area contributed by atoms with E-state index < -0.39 is 0 Å². The molecule has 0 aromatic rings. The van der Waals surface area contributed by atoms with Crippen molar-refractivity contribution in [3.63, 3.8) is 0 Å². The van der Waals surface area contributed by atoms with Crippen LogP contribution >= 0.6 is 0 Å². The molecule has 106 valence electrons. The number of hydrogen-bond donors (Lipinski definition) is 1. The minimum absolute atomic E-state index is 0.257. The van der Waals surface area contributed by atoms with Crippen molar-refractivity contribution in [1.29, 1.82) is 0 Å². The van der Waals surface area contributed by atoms with Crippen LogP contribution in [-0.2, 0) is 9.47 Å². The molecule has 2 aliphatic rings. The molecular formula is C15H28O3. The molecular weight excluding hydrogens is 228 g/mol. The molecule has 18 heavy (non-hydrogen) atoms. The summed E-state index contributed by atoms with van der Waals surface area (Å²) in [5.41, 5.74) is 0. The van der Waals surface area contributed by atoms with Gasteiger partial charge in [0.1, 0.15) is 0 Å². The zero-order valence-electron chi connectivity index (χ0n) is 12.0. The van der Waals surface area contributed by atoms with Crippen molar-refractivity contribution < 1.29 is 14.6 Å². The lowest BCUT2D eigenvalue weighted by molar-refractivity contribution is 0.00538. The SMILES string of the molecule is CC(C)C1CCC(OCC(C)C2COCC2O)C1. The molecule has 3 heteroatoms. The Kier molecular flexibility index (Phi) is 5.05. The normalized spacial score (nSPS) is 38.5. The summed E-state index contributed by atoms with van der Waals surface area (Å²) in [4.78, 5) is 0. The van der Waals surface area contributed by atoms with E-state index in [1.54, 1.807) is 0 Å². The van der Waals surface area contributed by atoms with Gasteiger partial charge in [-0.1, -0.05) is 20.8 Å². The molecule has 0 radical (unpaired) electrons. The third-order valence-electron chi connectivity index (χ3n) is 4.79. The summed E-state index contributed by atoms with van der Waals surface area (Å²) in [7, 11) is 0. The number of hydrogen-bond acceptors (Lipinski definition) is 3. The van der Waals surface area contributed by atoms with E-state index in [1.165, 1.54) is 19.3 Å². The topological polar surface area (TPSA) is 38.7 Å². The predicted octanol–water partition coefficient (Wildman–Crippen LogP) is 2.47. The first kappa shape index (κ1) is 14.3. The van der Waals surface area contributed by atoms with Crippen molar-refractivity contribution >= 4 is 0 Å². The molecule has 1 saturated carbocycles. The minimum Gasteiger partial charge on any atom is -0.390 e. The quantitative estimate of drug-likeness (QED) is 0.821. The summed E-state index contributed by atoms with van der Waals surface area (Å²) in [6.45, 7) is 8.72. The maximum atomic E-state index is 9.79. The number of ether oxygens (including phenoxy) is 2. The van der Waals surface area contributed by atoms with Gasteiger partial charge in [0.2, 0.25) is 0 Å². The molecule has 0 aromatic carbocycles. The van der Waals surface area contributed by atoms with Crippen LogP contribution in [0.4, 0.5) is 0 Å². The highest BCUT2D eigenvalue weighted by molar-refractivity contribution is 4.81. The Morgan fingerprint density at radius 3 is 2.56 bits per heavy atom. The zero-order valence-corrected chi connectivity index (χ0v) is 12.0. The standard InChI is InChI=1S/C15H28O3/c1-10(2)12-4-5-13(6-12)18-7-11(3)14-8-17-9-15(14)16/h10-16H,4-9H2,1-3H3. The molecule has 5 atom stereocenters. The first-order chi connectivity index (χ1) is 8.58. The minimum atomic E-state index is -0.296. The van der Waals surface area contributed by atoms with Gasteiger partial charge >= 0.3 is 0 Å². The van der Waals surface area contributed by atoms with Crippen LogP contribution in [0.15, 0.2) is 0 Å². The maximum Gasteiger partial charge on any atom is 0.0827 e. The summed E-state index contributed by atoms with van der Waals surface area (Å²) < 4.78 is 11.3. The lowest BCUT2D eigenvalue weighted by atomic mass is 9.92. The second-order valence-corrected chi connectivity index (χ2v) is 6.52. The molecule has 1 aliphatic heterocycles. The van der Waals surface area contributed by atoms with Crippen molar-refractivity contribution in [1.82, 2.24) is 0 Å². The highest BCUT2D eigenvalue weighted by Crippen LogP contribution is 2.33. The summed E-state index contributed by atoms with van der Waals surface area (Å²) in [6, 6.07) is 0. The maximum absolute atomic E-state index is 9.79. The Morgan fingerprint density at radius 2 is 2.00 bits per heavy atom. The van der Waals surface area contributed by atoms with E-state index in [1.807, 2.05) is 0 Å². The van der Waals surface area contributed by atoms with Crippen LogP contribution in [0.3, 0.4) is 0 Å². The van der Waals surface area contributed by atoms with Crippen molar-refractivity contribution in [2.45, 2.75) is 52.2 Å². The summed E-state index contributed by atoms with van der Waals surface area (Å²) in [5, 5.41) is 9.79. The predicted molar refractivity (Wildman–Crippen MR) is 71.4 cm³/mol. The second-order valence-electron chi connectivity index (χ2n) is 6.52. The first-order valence-electron chi connectivity index (χ1n) is 7.45. The van der Waals surface area contributed by atoms with Crippen LogP contribution in [0.5, 0.6) is 0 Å². The van der Waals surface area contributed by atoms with Crippen molar-refractivity contribution in [2.75, 3.05) is 19.8 Å². The molecule has 2 rings (SSSR count). The fraction of sp³-hybridized carbons (Fsp3) is 1.00. The van der Waals surface area contributed by atoms with Crippen molar-refractivity contribution in [3.05, 3.63) is 0 Å². The van der Waals surface area contributed by atoms with Gasteiger partial charge in [-0.25, -0.2) is 0 Å². The lowest BCUT2D eigenvalue weighted by Crippen LogP contribution is -2.28. The highest BCUT2D eigenvalue weighted by Gasteiger charge is 2.32. The van der Waals surface area contributed by atoms with Crippen molar-refractivity contribution in [3.8, 4) is 0 Å². The average molecular weight is 256 g/mol. The number of aliphatic hydroxyl groups is 1. The average Bonchev–Trinajstić information content (AvgIpc) is 2.94. The number of rotatable bonds is 5. The van der Waals surface area contributed by atoms with E-state index in [9.17, 15) is 5.11 Å². The molecule has 1 saturated heterocycles. The smallest absolute Gasteiger partial charge is 0.0827 e. The molecule has 0 spiro atoms. The van der Waals surface area contributed by atoms with Gasteiger partial charge < -0.3 is 14.6 Å². The van der Waals surface area contributed by atoms with E-state index >= 15 is 0 Å². The van der Waals surface area contributed by atoms with E-state index in [4.69, 9.17) is 9.47 Å². The Labute approximate surface area is 111 Å². The fourth-order valence-electron chi connectivity index (χ4n) is 3.24. The van der Waals surface area contributed by atoms with Gasteiger partial charge in [-0.2, -0.15) is 0 Å². The largest absolute Gasteiger partial charge is 0.390 e. The Morgan fingerprint density at radius 1 is 1.22 bits per heavy atom. The molecule has 1 aliphatic carbocycles. The van der Waals surface area contributed by atoms with Gasteiger partial charge in [0.25, 0.3) is 0 Å². The molecule has 0 amide bonds. The van der Waals surface area contributed by atoms with Crippen LogP contribution < -0.4 is 0 Å². The van der Waals surface area contributed by atoms with E-state index in [2.05, 4.69) is 20.8 Å². The van der Waals surface area contributed by atoms with Crippen LogP contribution in [0, 0.1) is 23.7 Å². The van der Waals surface area contributed by atoms with Crippen LogP contribution in [0.2, 0.25) is 0 Å². The summed E-state index contributed by atoms with van der Waals surface area (Å²) in [5.74, 6) is 2.26. The Hall–Kier alpha value is -0.120. The number of aliphatic hydroxyl groups excluding tert-OH is 1. The van der Waals surface area contributed by atoms with Gasteiger partial charge in [-0.3, -0.25) is 0 Å². The summed E-state index contributed by atoms with van der Waals surface area (Å²) in [6.07, 6.45) is 3.88. The molecule has 0 aromatic heterocycles. The second kappa shape index (κ2) is 6.36.